The van der Waals surface area contributed by atoms with Crippen molar-refractivity contribution < 1.29 is 22.8 Å². The van der Waals surface area contributed by atoms with Crippen LogP contribution in [0.3, 0.4) is 0 Å². The molecular formula is C19H24F3N3O2. The van der Waals surface area contributed by atoms with E-state index in [-0.39, 0.29) is 18.5 Å². The number of amides is 3. The number of halogens is 3. The van der Waals surface area contributed by atoms with Gasteiger partial charge in [0, 0.05) is 6.54 Å². The minimum atomic E-state index is -4.37. The molecule has 2 aliphatic rings. The standard InChI is InChI=1S/C19H24F3N3O2/c1-13-5-3-4-10-18(13)16(26)25(17(27)23-18)12-24(2)11-14-6-8-15(9-7-14)19(20,21)22/h6-9,13H,3-5,10-12H2,1-2H3,(H,23,27)/t13-,18+/m0/s1. The largest absolute Gasteiger partial charge is 0.416 e. The van der Waals surface area contributed by atoms with Crippen LogP contribution in [0.25, 0.3) is 0 Å². The van der Waals surface area contributed by atoms with Gasteiger partial charge in [0.25, 0.3) is 5.91 Å². The van der Waals surface area contributed by atoms with Crippen molar-refractivity contribution in [1.29, 1.82) is 0 Å². The molecule has 1 aliphatic heterocycles. The maximum atomic E-state index is 12.9. The molecule has 1 aliphatic carbocycles. The van der Waals surface area contributed by atoms with Crippen molar-refractivity contribution in [1.82, 2.24) is 15.1 Å². The van der Waals surface area contributed by atoms with E-state index in [2.05, 4.69) is 5.32 Å². The molecule has 1 spiro atoms. The smallest absolute Gasteiger partial charge is 0.323 e. The van der Waals surface area contributed by atoms with E-state index in [1.807, 2.05) is 6.92 Å². The highest BCUT2D eigenvalue weighted by Gasteiger charge is 2.54. The Labute approximate surface area is 156 Å². The molecular weight excluding hydrogens is 359 g/mol. The van der Waals surface area contributed by atoms with Crippen LogP contribution in [0.15, 0.2) is 24.3 Å². The molecule has 148 valence electrons. The predicted molar refractivity (Wildman–Crippen MR) is 93.5 cm³/mol. The van der Waals surface area contributed by atoms with Crippen LogP contribution in [0.2, 0.25) is 0 Å². The summed E-state index contributed by atoms with van der Waals surface area (Å²) in [7, 11) is 1.73. The normalized spacial score (nSPS) is 26.1. The quantitative estimate of drug-likeness (QED) is 0.809. The lowest BCUT2D eigenvalue weighted by Gasteiger charge is -2.37. The van der Waals surface area contributed by atoms with E-state index in [4.69, 9.17) is 0 Å². The fraction of sp³-hybridized carbons (Fsp3) is 0.579. The van der Waals surface area contributed by atoms with Crippen LogP contribution >= 0.6 is 0 Å². The van der Waals surface area contributed by atoms with Gasteiger partial charge in [0.05, 0.1) is 12.2 Å². The zero-order valence-corrected chi connectivity index (χ0v) is 15.5. The summed E-state index contributed by atoms with van der Waals surface area (Å²) in [5.41, 5.74) is -0.820. The minimum Gasteiger partial charge on any atom is -0.323 e. The zero-order valence-electron chi connectivity index (χ0n) is 15.5. The number of carbonyl (C=O) groups excluding carboxylic acids is 2. The van der Waals surface area contributed by atoms with Crippen molar-refractivity contribution in [3.05, 3.63) is 35.4 Å². The first-order chi connectivity index (χ1) is 12.6. The first-order valence-electron chi connectivity index (χ1n) is 9.12. The van der Waals surface area contributed by atoms with Gasteiger partial charge in [0.2, 0.25) is 0 Å². The average molecular weight is 383 g/mol. The second-order valence-corrected chi connectivity index (χ2v) is 7.63. The molecule has 1 aromatic carbocycles. The summed E-state index contributed by atoms with van der Waals surface area (Å²) < 4.78 is 37.9. The van der Waals surface area contributed by atoms with Crippen molar-refractivity contribution in [2.45, 2.75) is 50.9 Å². The van der Waals surface area contributed by atoms with Gasteiger partial charge in [-0.1, -0.05) is 31.9 Å². The molecule has 3 rings (SSSR count). The number of urea groups is 1. The Kier molecular flexibility index (Phi) is 5.20. The lowest BCUT2D eigenvalue weighted by Crippen LogP contribution is -2.54. The third-order valence-corrected chi connectivity index (χ3v) is 5.62. The Morgan fingerprint density at radius 1 is 1.22 bits per heavy atom. The van der Waals surface area contributed by atoms with Crippen molar-refractivity contribution in [3.63, 3.8) is 0 Å². The number of nitrogens with zero attached hydrogens (tertiary/aromatic N) is 2. The number of nitrogens with one attached hydrogen (secondary N) is 1. The summed E-state index contributed by atoms with van der Waals surface area (Å²) in [5, 5.41) is 2.90. The van der Waals surface area contributed by atoms with Crippen molar-refractivity contribution in [3.8, 4) is 0 Å². The molecule has 1 N–H and O–H groups in total. The van der Waals surface area contributed by atoms with Crippen LogP contribution in [-0.4, -0.2) is 41.0 Å². The summed E-state index contributed by atoms with van der Waals surface area (Å²) in [6, 6.07) is 4.50. The van der Waals surface area contributed by atoms with E-state index >= 15 is 0 Å². The third-order valence-electron chi connectivity index (χ3n) is 5.62. The van der Waals surface area contributed by atoms with Gasteiger partial charge in [-0.2, -0.15) is 13.2 Å². The maximum Gasteiger partial charge on any atom is 0.416 e. The molecule has 0 bridgehead atoms. The van der Waals surface area contributed by atoms with Gasteiger partial charge in [-0.3, -0.25) is 9.69 Å². The van der Waals surface area contributed by atoms with E-state index in [0.717, 1.165) is 31.4 Å². The highest BCUT2D eigenvalue weighted by molar-refractivity contribution is 6.07. The van der Waals surface area contributed by atoms with Gasteiger partial charge in [0.1, 0.15) is 5.54 Å². The van der Waals surface area contributed by atoms with Crippen LogP contribution in [0.5, 0.6) is 0 Å². The zero-order chi connectivity index (χ0) is 19.8. The number of alkyl halides is 3. The van der Waals surface area contributed by atoms with Crippen LogP contribution in [0, 0.1) is 5.92 Å². The molecule has 0 unspecified atom stereocenters. The van der Waals surface area contributed by atoms with Gasteiger partial charge in [0.15, 0.2) is 0 Å². The van der Waals surface area contributed by atoms with Crippen molar-refractivity contribution >= 4 is 11.9 Å². The van der Waals surface area contributed by atoms with E-state index in [1.165, 1.54) is 17.0 Å². The molecule has 2 fully saturated rings. The van der Waals surface area contributed by atoms with Crippen LogP contribution < -0.4 is 5.32 Å². The molecule has 1 saturated heterocycles. The summed E-state index contributed by atoms with van der Waals surface area (Å²) in [6.45, 7) is 2.42. The Bertz CT molecular complexity index is 720. The van der Waals surface area contributed by atoms with Gasteiger partial charge < -0.3 is 5.32 Å². The molecule has 2 atom stereocenters. The molecule has 0 radical (unpaired) electrons. The summed E-state index contributed by atoms with van der Waals surface area (Å²) in [4.78, 5) is 28.3. The number of hydrogen-bond acceptors (Lipinski definition) is 3. The Hall–Kier alpha value is -2.09. The molecule has 1 aromatic rings. The molecule has 5 nitrogen and oxygen atoms in total. The average Bonchev–Trinajstić information content (AvgIpc) is 2.82. The first-order valence-corrected chi connectivity index (χ1v) is 9.12. The fourth-order valence-corrected chi connectivity index (χ4v) is 4.03. The Morgan fingerprint density at radius 3 is 2.48 bits per heavy atom. The molecule has 27 heavy (non-hydrogen) atoms. The molecule has 1 saturated carbocycles. The predicted octanol–water partition coefficient (Wildman–Crippen LogP) is 3.60. The Morgan fingerprint density at radius 2 is 1.89 bits per heavy atom. The lowest BCUT2D eigenvalue weighted by atomic mass is 9.73. The number of imide groups is 1. The molecule has 1 heterocycles. The molecule has 0 aromatic heterocycles. The van der Waals surface area contributed by atoms with Gasteiger partial charge in [-0.25, -0.2) is 9.69 Å². The summed E-state index contributed by atoms with van der Waals surface area (Å²) in [6.07, 6.45) is -0.847. The number of hydrogen-bond donors (Lipinski definition) is 1. The minimum absolute atomic E-state index is 0.0907. The monoisotopic (exact) mass is 383 g/mol. The molecule has 8 heteroatoms. The SMILES string of the molecule is C[C@H]1CCCC[C@@]12NC(=O)N(CN(C)Cc1ccc(C(F)(F)F)cc1)C2=O. The highest BCUT2D eigenvalue weighted by Crippen LogP contribution is 2.38. The van der Waals surface area contributed by atoms with Crippen molar-refractivity contribution in [2.75, 3.05) is 13.7 Å². The lowest BCUT2D eigenvalue weighted by molar-refractivity contribution is -0.138. The van der Waals surface area contributed by atoms with E-state index in [0.29, 0.717) is 18.5 Å². The second-order valence-electron chi connectivity index (χ2n) is 7.63. The number of rotatable bonds is 4. The van der Waals surface area contributed by atoms with Crippen LogP contribution in [-0.2, 0) is 17.5 Å². The van der Waals surface area contributed by atoms with Crippen LogP contribution in [0.4, 0.5) is 18.0 Å². The third kappa shape index (κ3) is 3.81. The van der Waals surface area contributed by atoms with Gasteiger partial charge >= 0.3 is 12.2 Å². The van der Waals surface area contributed by atoms with E-state index < -0.39 is 23.3 Å². The van der Waals surface area contributed by atoms with E-state index in [1.54, 1.807) is 11.9 Å². The Balaban J connectivity index is 1.64. The number of carbonyl (C=O) groups is 2. The topological polar surface area (TPSA) is 52.7 Å². The first kappa shape index (κ1) is 19.7. The summed E-state index contributed by atoms with van der Waals surface area (Å²) in [5.74, 6) is -0.105. The van der Waals surface area contributed by atoms with Gasteiger partial charge in [-0.05, 0) is 43.5 Å². The summed E-state index contributed by atoms with van der Waals surface area (Å²) >= 11 is 0. The fourth-order valence-electron chi connectivity index (χ4n) is 4.03. The number of benzene rings is 1. The second kappa shape index (κ2) is 7.14. The van der Waals surface area contributed by atoms with E-state index in [9.17, 15) is 22.8 Å². The van der Waals surface area contributed by atoms with Crippen LogP contribution in [0.1, 0.15) is 43.7 Å². The maximum absolute atomic E-state index is 12.9. The van der Waals surface area contributed by atoms with Gasteiger partial charge in [-0.15, -0.1) is 0 Å². The molecule has 3 amide bonds. The highest BCUT2D eigenvalue weighted by atomic mass is 19.4. The van der Waals surface area contributed by atoms with Crippen molar-refractivity contribution in [2.24, 2.45) is 5.92 Å².